The van der Waals surface area contributed by atoms with Gasteiger partial charge in [-0.05, 0) is 39.8 Å². The van der Waals surface area contributed by atoms with Gasteiger partial charge in [-0.2, -0.15) is 0 Å². The van der Waals surface area contributed by atoms with Crippen molar-refractivity contribution >= 4 is 11.9 Å². The zero-order valence-electron chi connectivity index (χ0n) is 11.2. The van der Waals surface area contributed by atoms with Crippen molar-refractivity contribution in [2.24, 2.45) is 5.41 Å². The Morgan fingerprint density at radius 3 is 2.39 bits per heavy atom. The molecule has 0 radical (unpaired) electrons. The largest absolute Gasteiger partial charge is 0.480 e. The summed E-state index contributed by atoms with van der Waals surface area (Å²) in [4.78, 5) is 23.4. The number of piperidine rings is 1. The molecule has 18 heavy (non-hydrogen) atoms. The molecule has 1 aliphatic heterocycles. The average molecular weight is 258 g/mol. The summed E-state index contributed by atoms with van der Waals surface area (Å²) in [6, 6.07) is 0. The second kappa shape index (κ2) is 5.67. The molecular weight excluding hydrogens is 236 g/mol. The number of rotatable bonds is 5. The van der Waals surface area contributed by atoms with Gasteiger partial charge in [0.05, 0.1) is 12.0 Å². The first-order valence-corrected chi connectivity index (χ1v) is 6.10. The van der Waals surface area contributed by atoms with Crippen LogP contribution in [0.4, 0.5) is 0 Å². The lowest BCUT2D eigenvalue weighted by molar-refractivity contribution is -0.149. The van der Waals surface area contributed by atoms with E-state index in [-0.39, 0.29) is 5.91 Å². The number of aliphatic carboxylic acids is 1. The number of methoxy groups -OCH3 is 1. The van der Waals surface area contributed by atoms with Crippen LogP contribution in [0.1, 0.15) is 26.7 Å². The Bertz CT molecular complexity index is 317. The van der Waals surface area contributed by atoms with E-state index in [0.717, 1.165) is 13.1 Å². The summed E-state index contributed by atoms with van der Waals surface area (Å²) in [6.07, 6.45) is 1.31. The first kappa shape index (κ1) is 14.9. The maximum absolute atomic E-state index is 12.3. The molecule has 1 amide bonds. The molecule has 1 saturated heterocycles. The smallest absolute Gasteiger partial charge is 0.328 e. The lowest BCUT2D eigenvalue weighted by Gasteiger charge is -2.37. The van der Waals surface area contributed by atoms with Crippen LogP contribution in [0.15, 0.2) is 0 Å². The minimum absolute atomic E-state index is 0.238. The van der Waals surface area contributed by atoms with E-state index >= 15 is 0 Å². The highest BCUT2D eigenvalue weighted by molar-refractivity contribution is 5.89. The summed E-state index contributed by atoms with van der Waals surface area (Å²) in [5.41, 5.74) is -1.88. The van der Waals surface area contributed by atoms with Crippen LogP contribution in [0.2, 0.25) is 0 Å². The molecule has 0 aromatic heterocycles. The average Bonchev–Trinajstić information content (AvgIpc) is 2.29. The molecule has 104 valence electrons. The number of carboxylic acids is 1. The molecule has 1 heterocycles. The van der Waals surface area contributed by atoms with Gasteiger partial charge in [0.25, 0.3) is 0 Å². The minimum Gasteiger partial charge on any atom is -0.480 e. The fourth-order valence-corrected chi connectivity index (χ4v) is 2.09. The van der Waals surface area contributed by atoms with E-state index in [0.29, 0.717) is 19.4 Å². The topological polar surface area (TPSA) is 87.7 Å². The van der Waals surface area contributed by atoms with E-state index in [1.54, 1.807) is 7.11 Å². The Labute approximate surface area is 107 Å². The zero-order valence-corrected chi connectivity index (χ0v) is 11.2. The lowest BCUT2D eigenvalue weighted by atomic mass is 9.78. The van der Waals surface area contributed by atoms with E-state index in [1.165, 1.54) is 13.8 Å². The van der Waals surface area contributed by atoms with Crippen molar-refractivity contribution in [2.75, 3.05) is 26.8 Å². The van der Waals surface area contributed by atoms with Gasteiger partial charge in [-0.1, -0.05) is 0 Å². The summed E-state index contributed by atoms with van der Waals surface area (Å²) in [6.45, 7) is 4.76. The highest BCUT2D eigenvalue weighted by atomic mass is 16.5. The Balaban J connectivity index is 2.80. The highest BCUT2D eigenvalue weighted by Gasteiger charge is 2.43. The summed E-state index contributed by atoms with van der Waals surface area (Å²) < 4.78 is 5.14. The molecule has 1 rings (SSSR count). The van der Waals surface area contributed by atoms with Gasteiger partial charge in [-0.25, -0.2) is 4.79 Å². The minimum atomic E-state index is -1.26. The second-order valence-corrected chi connectivity index (χ2v) is 5.35. The van der Waals surface area contributed by atoms with Gasteiger partial charge < -0.3 is 20.5 Å². The van der Waals surface area contributed by atoms with E-state index < -0.39 is 16.9 Å². The van der Waals surface area contributed by atoms with Crippen molar-refractivity contribution in [3.8, 4) is 0 Å². The third kappa shape index (κ3) is 3.20. The number of carboxylic acid groups (broad SMARTS) is 1. The normalized spacial score (nSPS) is 19.3. The van der Waals surface area contributed by atoms with Gasteiger partial charge in [-0.15, -0.1) is 0 Å². The molecular formula is C12H22N2O4. The molecule has 6 heteroatoms. The van der Waals surface area contributed by atoms with Gasteiger partial charge >= 0.3 is 5.97 Å². The van der Waals surface area contributed by atoms with Gasteiger partial charge in [0.1, 0.15) is 5.54 Å². The Morgan fingerprint density at radius 1 is 1.39 bits per heavy atom. The van der Waals surface area contributed by atoms with Crippen LogP contribution in [-0.2, 0) is 14.3 Å². The number of carbonyl (C=O) groups is 2. The van der Waals surface area contributed by atoms with Gasteiger partial charge in [0, 0.05) is 7.11 Å². The summed E-state index contributed by atoms with van der Waals surface area (Å²) in [7, 11) is 1.55. The fourth-order valence-electron chi connectivity index (χ4n) is 2.09. The van der Waals surface area contributed by atoms with Crippen LogP contribution in [0.25, 0.3) is 0 Å². The molecule has 0 aromatic rings. The third-order valence-corrected chi connectivity index (χ3v) is 3.42. The van der Waals surface area contributed by atoms with Crippen LogP contribution in [-0.4, -0.2) is 49.3 Å². The number of hydrogen-bond acceptors (Lipinski definition) is 4. The van der Waals surface area contributed by atoms with Crippen molar-refractivity contribution in [3.63, 3.8) is 0 Å². The predicted octanol–water partition coefficient (Wildman–Crippen LogP) is -0.0180. The van der Waals surface area contributed by atoms with Crippen LogP contribution in [0.3, 0.4) is 0 Å². The summed E-state index contributed by atoms with van der Waals surface area (Å²) in [5, 5.41) is 14.8. The molecule has 0 saturated carbocycles. The summed E-state index contributed by atoms with van der Waals surface area (Å²) in [5.74, 6) is -1.28. The van der Waals surface area contributed by atoms with Gasteiger partial charge in [0.2, 0.25) is 5.91 Å². The quantitative estimate of drug-likeness (QED) is 0.645. The number of nitrogens with one attached hydrogen (secondary N) is 2. The first-order chi connectivity index (χ1) is 8.34. The van der Waals surface area contributed by atoms with E-state index in [4.69, 9.17) is 9.84 Å². The molecule has 1 aliphatic rings. The third-order valence-electron chi connectivity index (χ3n) is 3.42. The van der Waals surface area contributed by atoms with Crippen LogP contribution in [0.5, 0.6) is 0 Å². The maximum atomic E-state index is 12.3. The number of ether oxygens (including phenoxy) is 1. The van der Waals surface area contributed by atoms with E-state index in [2.05, 4.69) is 10.6 Å². The Kier molecular flexibility index (Phi) is 4.70. The second-order valence-electron chi connectivity index (χ2n) is 5.35. The molecule has 3 N–H and O–H groups in total. The number of amides is 1. The first-order valence-electron chi connectivity index (χ1n) is 6.10. The molecule has 0 aliphatic carbocycles. The van der Waals surface area contributed by atoms with E-state index in [1.807, 2.05) is 0 Å². The molecule has 1 fully saturated rings. The molecule has 0 unspecified atom stereocenters. The van der Waals surface area contributed by atoms with Crippen LogP contribution in [0, 0.1) is 5.41 Å². The highest BCUT2D eigenvalue weighted by Crippen LogP contribution is 2.30. The predicted molar refractivity (Wildman–Crippen MR) is 66.3 cm³/mol. The maximum Gasteiger partial charge on any atom is 0.328 e. The molecule has 0 atom stereocenters. The van der Waals surface area contributed by atoms with Crippen molar-refractivity contribution in [1.82, 2.24) is 10.6 Å². The SMILES string of the molecule is COCC1(C(=O)NC(C)(C)C(=O)O)CCNCC1. The number of hydrogen-bond donors (Lipinski definition) is 3. The lowest BCUT2D eigenvalue weighted by Crippen LogP contribution is -2.57. The molecule has 0 bridgehead atoms. The molecule has 0 spiro atoms. The van der Waals surface area contributed by atoms with Gasteiger partial charge in [-0.3, -0.25) is 4.79 Å². The van der Waals surface area contributed by atoms with E-state index in [9.17, 15) is 9.59 Å². The van der Waals surface area contributed by atoms with Crippen molar-refractivity contribution < 1.29 is 19.4 Å². The monoisotopic (exact) mass is 258 g/mol. The van der Waals surface area contributed by atoms with Gasteiger partial charge in [0.15, 0.2) is 0 Å². The molecule has 6 nitrogen and oxygen atoms in total. The molecule has 0 aromatic carbocycles. The van der Waals surface area contributed by atoms with Crippen molar-refractivity contribution in [3.05, 3.63) is 0 Å². The Morgan fingerprint density at radius 2 is 1.94 bits per heavy atom. The van der Waals surface area contributed by atoms with Crippen molar-refractivity contribution in [2.45, 2.75) is 32.2 Å². The fraction of sp³-hybridized carbons (Fsp3) is 0.833. The summed E-state index contributed by atoms with van der Waals surface area (Å²) >= 11 is 0. The Hall–Kier alpha value is -1.14. The number of carbonyl (C=O) groups excluding carboxylic acids is 1. The van der Waals surface area contributed by atoms with Crippen molar-refractivity contribution in [1.29, 1.82) is 0 Å². The van der Waals surface area contributed by atoms with Crippen LogP contribution >= 0.6 is 0 Å². The van der Waals surface area contributed by atoms with Crippen LogP contribution < -0.4 is 10.6 Å². The standard InChI is InChI=1S/C12H22N2O4/c1-11(2,10(16)17)14-9(15)12(8-18-3)4-6-13-7-5-12/h13H,4-8H2,1-3H3,(H,14,15)(H,16,17). The zero-order chi connectivity index (χ0) is 13.8.